The van der Waals surface area contributed by atoms with Gasteiger partial charge in [-0.2, -0.15) is 5.26 Å². The molecular weight excluding hydrogens is 394 g/mol. The Kier molecular flexibility index (Phi) is 8.15. The third-order valence-electron chi connectivity index (χ3n) is 4.41. The van der Waals surface area contributed by atoms with Crippen molar-refractivity contribution in [2.24, 2.45) is 0 Å². The number of hydrogen-bond donors (Lipinski definition) is 1. The third kappa shape index (κ3) is 4.59. The molecule has 1 atom stereocenters. The average molecular weight is 420 g/mol. The summed E-state index contributed by atoms with van der Waals surface area (Å²) in [5.41, 5.74) is 1.59. The molecule has 1 aromatic heterocycles. The predicted molar refractivity (Wildman–Crippen MR) is 113 cm³/mol. The lowest BCUT2D eigenvalue weighted by Gasteiger charge is -2.33. The van der Waals surface area contributed by atoms with Crippen molar-refractivity contribution < 1.29 is 14.3 Å². The minimum Gasteiger partial charge on any atom is -0.463 e. The number of nitriles is 1. The van der Waals surface area contributed by atoms with Gasteiger partial charge in [0.05, 0.1) is 40.5 Å². The van der Waals surface area contributed by atoms with Crippen LogP contribution < -0.4 is 5.32 Å². The van der Waals surface area contributed by atoms with E-state index in [1.54, 1.807) is 18.7 Å². The van der Waals surface area contributed by atoms with E-state index in [-0.39, 0.29) is 18.3 Å². The van der Waals surface area contributed by atoms with E-state index in [1.165, 1.54) is 23.1 Å². The first kappa shape index (κ1) is 22.1. The maximum absolute atomic E-state index is 13.4. The summed E-state index contributed by atoms with van der Waals surface area (Å²) >= 11 is 2.78. The molecule has 28 heavy (non-hydrogen) atoms. The lowest BCUT2D eigenvalue weighted by atomic mass is 9.85. The summed E-state index contributed by atoms with van der Waals surface area (Å²) < 4.78 is 5.30. The fourth-order valence-electron chi connectivity index (χ4n) is 3.14. The zero-order chi connectivity index (χ0) is 20.7. The van der Waals surface area contributed by atoms with Gasteiger partial charge in [-0.15, -0.1) is 11.3 Å². The smallest absolute Gasteiger partial charge is 0.336 e. The summed E-state index contributed by atoms with van der Waals surface area (Å²) in [4.78, 5) is 28.9. The van der Waals surface area contributed by atoms with E-state index in [9.17, 15) is 9.59 Å². The van der Waals surface area contributed by atoms with E-state index >= 15 is 0 Å². The Bertz CT molecular complexity index is 818. The van der Waals surface area contributed by atoms with Crippen LogP contribution >= 0.6 is 23.1 Å². The fraction of sp³-hybridized carbons (Fsp3) is 0.450. The van der Waals surface area contributed by atoms with Gasteiger partial charge < -0.3 is 15.0 Å². The van der Waals surface area contributed by atoms with Crippen LogP contribution in [-0.2, 0) is 14.3 Å². The van der Waals surface area contributed by atoms with Crippen LogP contribution in [0.5, 0.6) is 0 Å². The number of allylic oxidation sites excluding steroid dienone is 1. The van der Waals surface area contributed by atoms with Gasteiger partial charge in [-0.05, 0) is 39.1 Å². The van der Waals surface area contributed by atoms with E-state index in [0.717, 1.165) is 4.88 Å². The topological polar surface area (TPSA) is 82.4 Å². The minimum atomic E-state index is -0.519. The van der Waals surface area contributed by atoms with E-state index in [4.69, 9.17) is 10.00 Å². The molecule has 150 valence electrons. The lowest BCUT2D eigenvalue weighted by molar-refractivity contribution is -0.138. The molecule has 1 aliphatic rings. The SMILES string of the molecule is CCOC(=O)C1=C(C)NC(SCC#N)=C(C(=O)N(CC)CC)[C@H]1c1cccs1. The van der Waals surface area contributed by atoms with Gasteiger partial charge in [0.1, 0.15) is 0 Å². The van der Waals surface area contributed by atoms with Crippen LogP contribution in [0.3, 0.4) is 0 Å². The first-order valence-corrected chi connectivity index (χ1v) is 11.1. The third-order valence-corrected chi connectivity index (χ3v) is 6.23. The molecule has 1 aliphatic heterocycles. The predicted octanol–water partition coefficient (Wildman–Crippen LogP) is 3.61. The number of nitrogens with one attached hydrogen (secondary N) is 1. The van der Waals surface area contributed by atoms with Crippen molar-refractivity contribution in [2.75, 3.05) is 25.4 Å². The molecular formula is C20H25N3O3S2. The summed E-state index contributed by atoms with van der Waals surface area (Å²) in [5, 5.41) is 14.8. The number of ether oxygens (including phenoxy) is 1. The zero-order valence-corrected chi connectivity index (χ0v) is 18.2. The molecule has 8 heteroatoms. The Morgan fingerprint density at radius 3 is 2.57 bits per heavy atom. The number of hydrogen-bond acceptors (Lipinski definition) is 7. The van der Waals surface area contributed by atoms with Gasteiger partial charge in [-0.25, -0.2) is 4.79 Å². The molecule has 2 rings (SSSR count). The summed E-state index contributed by atoms with van der Waals surface area (Å²) in [6, 6.07) is 5.94. The molecule has 0 spiro atoms. The Hall–Kier alpha value is -2.24. The number of likely N-dealkylation sites (N-methyl/N-ethyl adjacent to an activating group) is 1. The van der Waals surface area contributed by atoms with Crippen molar-refractivity contribution in [3.63, 3.8) is 0 Å². The molecule has 0 radical (unpaired) electrons. The Morgan fingerprint density at radius 2 is 2.04 bits per heavy atom. The summed E-state index contributed by atoms with van der Waals surface area (Å²) in [7, 11) is 0. The van der Waals surface area contributed by atoms with Gasteiger partial charge in [0.25, 0.3) is 5.91 Å². The number of esters is 1. The van der Waals surface area contributed by atoms with Crippen LogP contribution in [0.4, 0.5) is 0 Å². The van der Waals surface area contributed by atoms with Gasteiger partial charge in [0, 0.05) is 23.7 Å². The van der Waals surface area contributed by atoms with Gasteiger partial charge in [0.2, 0.25) is 0 Å². The van der Waals surface area contributed by atoms with Crippen molar-refractivity contribution in [1.82, 2.24) is 10.2 Å². The Morgan fingerprint density at radius 1 is 1.32 bits per heavy atom. The Labute approximate surface area is 174 Å². The van der Waals surface area contributed by atoms with Crippen LogP contribution in [0.15, 0.2) is 39.4 Å². The number of amides is 1. The first-order chi connectivity index (χ1) is 13.5. The summed E-state index contributed by atoms with van der Waals surface area (Å²) in [6.45, 7) is 8.79. The largest absolute Gasteiger partial charge is 0.463 e. The molecule has 6 nitrogen and oxygen atoms in total. The summed E-state index contributed by atoms with van der Waals surface area (Å²) in [6.07, 6.45) is 0. The van der Waals surface area contributed by atoms with Crippen LogP contribution in [0.25, 0.3) is 0 Å². The quantitative estimate of drug-likeness (QED) is 0.648. The molecule has 0 aromatic carbocycles. The molecule has 1 N–H and O–H groups in total. The van der Waals surface area contributed by atoms with Gasteiger partial charge in [-0.3, -0.25) is 4.79 Å². The maximum Gasteiger partial charge on any atom is 0.336 e. The molecule has 0 saturated carbocycles. The summed E-state index contributed by atoms with van der Waals surface area (Å²) in [5.74, 6) is -0.878. The monoisotopic (exact) mass is 419 g/mol. The second-order valence-electron chi connectivity index (χ2n) is 6.00. The van der Waals surface area contributed by atoms with E-state index in [0.29, 0.717) is 35.0 Å². The minimum absolute atomic E-state index is 0.134. The number of dihydropyridines is 1. The van der Waals surface area contributed by atoms with Crippen molar-refractivity contribution in [3.8, 4) is 6.07 Å². The van der Waals surface area contributed by atoms with Crippen LogP contribution in [0.1, 0.15) is 38.5 Å². The van der Waals surface area contributed by atoms with Gasteiger partial charge in [0.15, 0.2) is 0 Å². The lowest BCUT2D eigenvalue weighted by Crippen LogP contribution is -2.39. The molecule has 0 aliphatic carbocycles. The van der Waals surface area contributed by atoms with Gasteiger partial charge in [-0.1, -0.05) is 17.8 Å². The second-order valence-corrected chi connectivity index (χ2v) is 7.96. The number of carbonyl (C=O) groups excluding carboxylic acids is 2. The first-order valence-electron chi connectivity index (χ1n) is 9.21. The molecule has 0 bridgehead atoms. The number of rotatable bonds is 8. The maximum atomic E-state index is 13.4. The van der Waals surface area contributed by atoms with Gasteiger partial charge >= 0.3 is 5.97 Å². The second kappa shape index (κ2) is 10.3. The standard InChI is InChI=1S/C20H25N3O3S2/c1-5-23(6-2)19(24)17-16(14-9-8-11-27-14)15(20(25)26-7-3)13(4)22-18(17)28-12-10-21/h8-9,11,16,22H,5-7,12H2,1-4H3/t16-/m0/s1. The molecule has 2 heterocycles. The zero-order valence-electron chi connectivity index (χ0n) is 16.6. The molecule has 0 unspecified atom stereocenters. The number of thiophene rings is 1. The van der Waals surface area contributed by atoms with Crippen LogP contribution in [-0.4, -0.2) is 42.2 Å². The van der Waals surface area contributed by atoms with Crippen molar-refractivity contribution in [2.45, 2.75) is 33.6 Å². The highest BCUT2D eigenvalue weighted by Gasteiger charge is 2.40. The molecule has 0 saturated heterocycles. The van der Waals surface area contributed by atoms with E-state index < -0.39 is 11.9 Å². The Balaban J connectivity index is 2.67. The molecule has 1 aromatic rings. The van der Waals surface area contributed by atoms with Crippen molar-refractivity contribution >= 4 is 35.0 Å². The fourth-order valence-corrected chi connectivity index (χ4v) is 4.77. The number of thioether (sulfide) groups is 1. The van der Waals surface area contributed by atoms with Crippen molar-refractivity contribution in [3.05, 3.63) is 44.3 Å². The average Bonchev–Trinajstić information content (AvgIpc) is 3.21. The number of nitrogens with zero attached hydrogens (tertiary/aromatic N) is 2. The molecule has 1 amide bonds. The van der Waals surface area contributed by atoms with E-state index in [2.05, 4.69) is 11.4 Å². The van der Waals surface area contributed by atoms with Crippen molar-refractivity contribution in [1.29, 1.82) is 5.26 Å². The number of carbonyl (C=O) groups is 2. The van der Waals surface area contributed by atoms with E-state index in [1.807, 2.05) is 31.4 Å². The van der Waals surface area contributed by atoms with Crippen LogP contribution in [0.2, 0.25) is 0 Å². The highest BCUT2D eigenvalue weighted by Crippen LogP contribution is 2.43. The normalized spacial score (nSPS) is 16.5. The van der Waals surface area contributed by atoms with Crippen LogP contribution in [0, 0.1) is 11.3 Å². The highest BCUT2D eigenvalue weighted by atomic mass is 32.2. The highest BCUT2D eigenvalue weighted by molar-refractivity contribution is 8.03. The molecule has 0 fully saturated rings.